The van der Waals surface area contributed by atoms with Crippen LogP contribution in [0.1, 0.15) is 35.3 Å². The first-order valence-electron chi connectivity index (χ1n) is 6.16. The fraction of sp³-hybridized carbons (Fsp3) is 0.333. The van der Waals surface area contributed by atoms with Crippen LogP contribution in [-0.2, 0) is 11.3 Å². The Bertz CT molecular complexity index is 596. The van der Waals surface area contributed by atoms with Gasteiger partial charge in [-0.1, -0.05) is 12.0 Å². The van der Waals surface area contributed by atoms with Crippen molar-refractivity contribution in [1.29, 1.82) is 0 Å². The number of fused-ring (bicyclic) bond motifs is 1. The Morgan fingerprint density at radius 2 is 2.21 bits per heavy atom. The zero-order chi connectivity index (χ0) is 14.0. The summed E-state index contributed by atoms with van der Waals surface area (Å²) in [5, 5.41) is 2.57. The fourth-order valence-electron chi connectivity index (χ4n) is 2.21. The number of benzene rings is 1. The zero-order valence-corrected chi connectivity index (χ0v) is 11.3. The molecule has 1 heterocycles. The second-order valence-corrected chi connectivity index (χ2v) is 4.47. The van der Waals surface area contributed by atoms with Crippen LogP contribution in [0.2, 0.25) is 0 Å². The van der Waals surface area contributed by atoms with E-state index in [1.807, 2.05) is 12.1 Å². The van der Waals surface area contributed by atoms with Gasteiger partial charge >= 0.3 is 0 Å². The summed E-state index contributed by atoms with van der Waals surface area (Å²) < 4.78 is 0. The van der Waals surface area contributed by atoms with Crippen molar-refractivity contribution in [1.82, 2.24) is 10.2 Å². The molecule has 0 spiro atoms. The Kier molecular flexibility index (Phi) is 3.57. The van der Waals surface area contributed by atoms with Crippen molar-refractivity contribution in [3.63, 3.8) is 0 Å². The van der Waals surface area contributed by atoms with Crippen LogP contribution < -0.4 is 5.32 Å². The molecule has 1 atom stereocenters. The summed E-state index contributed by atoms with van der Waals surface area (Å²) >= 11 is 0. The summed E-state index contributed by atoms with van der Waals surface area (Å²) in [6, 6.07) is 5.14. The highest BCUT2D eigenvalue weighted by Gasteiger charge is 2.33. The molecule has 0 bridgehead atoms. The van der Waals surface area contributed by atoms with E-state index < -0.39 is 6.04 Å². The number of nitrogens with zero attached hydrogens (tertiary/aromatic N) is 1. The number of amides is 2. The quantitative estimate of drug-likeness (QED) is 0.807. The van der Waals surface area contributed by atoms with Crippen molar-refractivity contribution in [2.45, 2.75) is 26.4 Å². The van der Waals surface area contributed by atoms with Crippen LogP contribution in [0.3, 0.4) is 0 Å². The number of nitrogens with one attached hydrogen (secondary N) is 1. The van der Waals surface area contributed by atoms with Crippen molar-refractivity contribution < 1.29 is 9.59 Å². The van der Waals surface area contributed by atoms with Crippen molar-refractivity contribution in [2.24, 2.45) is 0 Å². The maximum atomic E-state index is 12.3. The highest BCUT2D eigenvalue weighted by molar-refractivity contribution is 6.01. The van der Waals surface area contributed by atoms with Gasteiger partial charge in [-0.2, -0.15) is 0 Å². The highest BCUT2D eigenvalue weighted by Crippen LogP contribution is 2.25. The van der Waals surface area contributed by atoms with E-state index >= 15 is 0 Å². The number of carbonyl (C=O) groups excluding carboxylic acids is 2. The second kappa shape index (κ2) is 5.15. The lowest BCUT2D eigenvalue weighted by Crippen LogP contribution is -2.44. The normalized spacial score (nSPS) is 14.5. The molecule has 19 heavy (non-hydrogen) atoms. The predicted octanol–water partition coefficient (Wildman–Crippen LogP) is 1.15. The highest BCUT2D eigenvalue weighted by atomic mass is 16.2. The third-order valence-electron chi connectivity index (χ3n) is 3.30. The van der Waals surface area contributed by atoms with Crippen LogP contribution in [0.5, 0.6) is 0 Å². The van der Waals surface area contributed by atoms with Gasteiger partial charge in [0.15, 0.2) is 0 Å². The number of likely N-dealkylation sites (N-methyl/N-ethyl adjacent to an activating group) is 1. The molecule has 1 aliphatic rings. The molecule has 98 valence electrons. The first-order valence-corrected chi connectivity index (χ1v) is 6.16. The molecule has 1 unspecified atom stereocenters. The van der Waals surface area contributed by atoms with Gasteiger partial charge in [0.05, 0.1) is 0 Å². The SMILES string of the molecule is CC#Cc1ccc2c(c1)C(=O)N(C(C)C(=O)NC)C2. The third kappa shape index (κ3) is 2.32. The molecule has 0 saturated heterocycles. The van der Waals surface area contributed by atoms with Gasteiger partial charge in [-0.05, 0) is 31.5 Å². The lowest BCUT2D eigenvalue weighted by molar-refractivity contribution is -0.124. The van der Waals surface area contributed by atoms with Crippen LogP contribution >= 0.6 is 0 Å². The van der Waals surface area contributed by atoms with Gasteiger partial charge in [-0.25, -0.2) is 0 Å². The molecule has 1 aliphatic heterocycles. The number of rotatable bonds is 2. The number of carbonyl (C=O) groups is 2. The van der Waals surface area contributed by atoms with Crippen molar-refractivity contribution in [3.8, 4) is 11.8 Å². The van der Waals surface area contributed by atoms with Crippen LogP contribution in [0.25, 0.3) is 0 Å². The number of hydrogen-bond acceptors (Lipinski definition) is 2. The largest absolute Gasteiger partial charge is 0.357 e. The van der Waals surface area contributed by atoms with Crippen molar-refractivity contribution >= 4 is 11.8 Å². The molecular formula is C15H16N2O2. The maximum absolute atomic E-state index is 12.3. The van der Waals surface area contributed by atoms with E-state index in [1.54, 1.807) is 31.9 Å². The molecule has 1 N–H and O–H groups in total. The summed E-state index contributed by atoms with van der Waals surface area (Å²) in [6.45, 7) is 3.97. The average molecular weight is 256 g/mol. The Hall–Kier alpha value is -2.28. The molecule has 0 aliphatic carbocycles. The summed E-state index contributed by atoms with van der Waals surface area (Å²) in [6.07, 6.45) is 0. The third-order valence-corrected chi connectivity index (χ3v) is 3.30. The van der Waals surface area contributed by atoms with E-state index in [0.717, 1.165) is 11.1 Å². The molecule has 1 aromatic carbocycles. The molecule has 1 aromatic rings. The van der Waals surface area contributed by atoms with Crippen LogP contribution in [0.15, 0.2) is 18.2 Å². The van der Waals surface area contributed by atoms with Gasteiger partial charge in [0, 0.05) is 24.7 Å². The standard InChI is InChI=1S/C15H16N2O2/c1-4-5-11-6-7-12-9-17(10(2)14(18)16-3)15(19)13(12)8-11/h6-8,10H,9H2,1-3H3,(H,16,18). The Morgan fingerprint density at radius 1 is 1.47 bits per heavy atom. The molecular weight excluding hydrogens is 240 g/mol. The molecule has 4 heteroatoms. The topological polar surface area (TPSA) is 49.4 Å². The smallest absolute Gasteiger partial charge is 0.255 e. The maximum Gasteiger partial charge on any atom is 0.255 e. The van der Waals surface area contributed by atoms with Gasteiger partial charge in [-0.3, -0.25) is 9.59 Å². The zero-order valence-electron chi connectivity index (χ0n) is 11.3. The Balaban J connectivity index is 2.31. The number of hydrogen-bond donors (Lipinski definition) is 1. The van der Waals surface area contributed by atoms with Gasteiger partial charge < -0.3 is 10.2 Å². The van der Waals surface area contributed by atoms with E-state index in [2.05, 4.69) is 17.2 Å². The van der Waals surface area contributed by atoms with Gasteiger partial charge in [0.1, 0.15) is 6.04 Å². The minimum atomic E-state index is -0.467. The van der Waals surface area contributed by atoms with Crippen LogP contribution in [-0.4, -0.2) is 29.8 Å². The summed E-state index contributed by atoms with van der Waals surface area (Å²) in [7, 11) is 1.57. The Labute approximate surface area is 112 Å². The lowest BCUT2D eigenvalue weighted by atomic mass is 10.1. The summed E-state index contributed by atoms with van der Waals surface area (Å²) in [5.74, 6) is 5.48. The van der Waals surface area contributed by atoms with Crippen molar-refractivity contribution in [2.75, 3.05) is 7.05 Å². The van der Waals surface area contributed by atoms with Gasteiger partial charge in [0.2, 0.25) is 5.91 Å². The second-order valence-electron chi connectivity index (χ2n) is 4.47. The Morgan fingerprint density at radius 3 is 2.84 bits per heavy atom. The van der Waals surface area contributed by atoms with E-state index in [4.69, 9.17) is 0 Å². The van der Waals surface area contributed by atoms with Gasteiger partial charge in [-0.15, -0.1) is 5.92 Å². The minimum absolute atomic E-state index is 0.106. The van der Waals surface area contributed by atoms with E-state index in [9.17, 15) is 9.59 Å². The van der Waals surface area contributed by atoms with Crippen molar-refractivity contribution in [3.05, 3.63) is 34.9 Å². The molecule has 0 fully saturated rings. The molecule has 2 amide bonds. The summed E-state index contributed by atoms with van der Waals surface area (Å²) in [4.78, 5) is 25.5. The average Bonchev–Trinajstić information content (AvgIpc) is 2.75. The molecule has 2 rings (SSSR count). The monoisotopic (exact) mass is 256 g/mol. The molecule has 4 nitrogen and oxygen atoms in total. The first kappa shape index (κ1) is 13.2. The van der Waals surface area contributed by atoms with E-state index in [1.165, 1.54) is 0 Å². The van der Waals surface area contributed by atoms with Crippen LogP contribution in [0.4, 0.5) is 0 Å². The molecule has 0 radical (unpaired) electrons. The van der Waals surface area contributed by atoms with Crippen LogP contribution in [0, 0.1) is 11.8 Å². The first-order chi connectivity index (χ1) is 9.08. The fourth-order valence-corrected chi connectivity index (χ4v) is 2.21. The minimum Gasteiger partial charge on any atom is -0.357 e. The van der Waals surface area contributed by atoms with E-state index in [0.29, 0.717) is 12.1 Å². The van der Waals surface area contributed by atoms with Gasteiger partial charge in [0.25, 0.3) is 5.91 Å². The molecule has 0 aromatic heterocycles. The predicted molar refractivity (Wildman–Crippen MR) is 72.4 cm³/mol. The van der Waals surface area contributed by atoms with E-state index in [-0.39, 0.29) is 11.8 Å². The molecule has 0 saturated carbocycles. The lowest BCUT2D eigenvalue weighted by Gasteiger charge is -2.22. The summed E-state index contributed by atoms with van der Waals surface area (Å²) in [5.41, 5.74) is 2.42.